The molecule has 4 aromatic rings. The zero-order valence-corrected chi connectivity index (χ0v) is 18.6. The predicted octanol–water partition coefficient (Wildman–Crippen LogP) is 3.07. The summed E-state index contributed by atoms with van der Waals surface area (Å²) in [6.07, 6.45) is 0.893. The van der Waals surface area contributed by atoms with E-state index in [1.807, 2.05) is 31.2 Å². The SMILES string of the molecule is [B]c1ccc(-c2cc(CC)c3c(n2)sc2c(OCC)nc(N4CCNCC4)nc23)cc1. The number of aromatic nitrogens is 3. The van der Waals surface area contributed by atoms with Crippen LogP contribution in [0.4, 0.5) is 5.95 Å². The van der Waals surface area contributed by atoms with Gasteiger partial charge in [0.05, 0.1) is 12.3 Å². The van der Waals surface area contributed by atoms with Crippen LogP contribution in [-0.2, 0) is 6.42 Å². The van der Waals surface area contributed by atoms with Gasteiger partial charge in [0.25, 0.3) is 0 Å². The number of aryl methyl sites for hydroxylation is 1. The second-order valence-electron chi connectivity index (χ2n) is 7.60. The molecule has 3 aromatic heterocycles. The normalized spacial score (nSPS) is 14.5. The molecule has 0 amide bonds. The minimum Gasteiger partial charge on any atom is -0.477 e. The van der Waals surface area contributed by atoms with Crippen molar-refractivity contribution in [3.63, 3.8) is 0 Å². The summed E-state index contributed by atoms with van der Waals surface area (Å²) in [5.74, 6) is 1.39. The summed E-state index contributed by atoms with van der Waals surface area (Å²) in [6.45, 7) is 8.36. The van der Waals surface area contributed by atoms with Crippen molar-refractivity contribution in [3.05, 3.63) is 35.9 Å². The van der Waals surface area contributed by atoms with Crippen molar-refractivity contribution >= 4 is 51.0 Å². The summed E-state index contributed by atoms with van der Waals surface area (Å²) >= 11 is 1.61. The number of anilines is 1. The number of nitrogens with one attached hydrogen (secondary N) is 1. The molecule has 0 unspecified atom stereocenters. The Morgan fingerprint density at radius 2 is 1.87 bits per heavy atom. The molecule has 0 spiro atoms. The topological polar surface area (TPSA) is 63.2 Å². The average Bonchev–Trinajstić information content (AvgIpc) is 3.18. The van der Waals surface area contributed by atoms with Crippen LogP contribution in [0.3, 0.4) is 0 Å². The molecule has 1 aromatic carbocycles. The number of piperazine rings is 1. The van der Waals surface area contributed by atoms with Crippen molar-refractivity contribution in [2.75, 3.05) is 37.7 Å². The zero-order chi connectivity index (χ0) is 21.4. The molecule has 5 rings (SSSR count). The third-order valence-corrected chi connectivity index (χ3v) is 6.66. The number of ether oxygens (including phenoxy) is 1. The van der Waals surface area contributed by atoms with Gasteiger partial charge in [-0.25, -0.2) is 9.97 Å². The zero-order valence-electron chi connectivity index (χ0n) is 17.8. The van der Waals surface area contributed by atoms with Gasteiger partial charge in [0.2, 0.25) is 11.8 Å². The third kappa shape index (κ3) is 3.74. The van der Waals surface area contributed by atoms with Gasteiger partial charge in [0.15, 0.2) is 0 Å². The van der Waals surface area contributed by atoms with Gasteiger partial charge in [0, 0.05) is 37.1 Å². The van der Waals surface area contributed by atoms with Crippen LogP contribution in [0, 0.1) is 0 Å². The highest BCUT2D eigenvalue weighted by Crippen LogP contribution is 2.40. The lowest BCUT2D eigenvalue weighted by Crippen LogP contribution is -2.44. The van der Waals surface area contributed by atoms with Crippen LogP contribution >= 0.6 is 11.3 Å². The first-order chi connectivity index (χ1) is 15.2. The van der Waals surface area contributed by atoms with Crippen molar-refractivity contribution < 1.29 is 4.74 Å². The monoisotopic (exact) mass is 429 g/mol. The fourth-order valence-electron chi connectivity index (χ4n) is 4.00. The second kappa shape index (κ2) is 8.44. The Balaban J connectivity index is 1.73. The third-order valence-electron chi connectivity index (χ3n) is 5.59. The van der Waals surface area contributed by atoms with Crippen molar-refractivity contribution in [1.29, 1.82) is 0 Å². The van der Waals surface area contributed by atoms with Gasteiger partial charge in [-0.3, -0.25) is 0 Å². The van der Waals surface area contributed by atoms with Gasteiger partial charge >= 0.3 is 0 Å². The molecule has 0 saturated carbocycles. The number of thiophene rings is 1. The lowest BCUT2D eigenvalue weighted by molar-refractivity contribution is 0.331. The summed E-state index contributed by atoms with van der Waals surface area (Å²) in [4.78, 5) is 18.0. The maximum atomic E-state index is 5.96. The number of rotatable bonds is 5. The number of fused-ring (bicyclic) bond motifs is 3. The fourth-order valence-corrected chi connectivity index (χ4v) is 5.10. The van der Waals surface area contributed by atoms with E-state index in [-0.39, 0.29) is 0 Å². The number of hydrogen-bond donors (Lipinski definition) is 1. The minimum atomic E-state index is 0.562. The molecule has 31 heavy (non-hydrogen) atoms. The predicted molar refractivity (Wildman–Crippen MR) is 129 cm³/mol. The molecule has 6 nitrogen and oxygen atoms in total. The van der Waals surface area contributed by atoms with E-state index >= 15 is 0 Å². The first-order valence-electron chi connectivity index (χ1n) is 10.8. The molecule has 0 aliphatic carbocycles. The first-order valence-corrected chi connectivity index (χ1v) is 11.6. The summed E-state index contributed by atoms with van der Waals surface area (Å²) in [7, 11) is 5.87. The van der Waals surface area contributed by atoms with E-state index in [1.54, 1.807) is 11.3 Å². The molecule has 1 aliphatic rings. The number of benzene rings is 1. The molecular formula is C23H24BN5OS. The lowest BCUT2D eigenvalue weighted by Gasteiger charge is -2.27. The van der Waals surface area contributed by atoms with E-state index < -0.39 is 0 Å². The van der Waals surface area contributed by atoms with Crippen molar-refractivity contribution in [2.45, 2.75) is 20.3 Å². The molecule has 1 saturated heterocycles. The Morgan fingerprint density at radius 1 is 1.10 bits per heavy atom. The second-order valence-corrected chi connectivity index (χ2v) is 8.60. The van der Waals surface area contributed by atoms with Crippen molar-refractivity contribution in [2.24, 2.45) is 0 Å². The molecule has 4 heterocycles. The average molecular weight is 429 g/mol. The molecule has 1 N–H and O–H groups in total. The fraction of sp³-hybridized carbons (Fsp3) is 0.348. The molecule has 2 radical (unpaired) electrons. The summed E-state index contributed by atoms with van der Waals surface area (Å²) < 4.78 is 6.92. The van der Waals surface area contributed by atoms with Crippen LogP contribution < -0.4 is 20.4 Å². The molecule has 0 atom stereocenters. The van der Waals surface area contributed by atoms with Gasteiger partial charge in [-0.05, 0) is 25.0 Å². The maximum Gasteiger partial charge on any atom is 0.236 e. The van der Waals surface area contributed by atoms with E-state index in [0.717, 1.165) is 75.7 Å². The highest BCUT2D eigenvalue weighted by atomic mass is 32.1. The number of pyridine rings is 1. The van der Waals surface area contributed by atoms with Crippen molar-refractivity contribution in [1.82, 2.24) is 20.3 Å². The number of nitrogens with zero attached hydrogens (tertiary/aromatic N) is 4. The lowest BCUT2D eigenvalue weighted by atomic mass is 9.94. The summed E-state index contributed by atoms with van der Waals surface area (Å²) in [6, 6.07) is 10.0. The smallest absolute Gasteiger partial charge is 0.236 e. The molecule has 1 aliphatic heterocycles. The van der Waals surface area contributed by atoms with Gasteiger partial charge in [-0.2, -0.15) is 4.98 Å². The Morgan fingerprint density at radius 3 is 2.58 bits per heavy atom. The summed E-state index contributed by atoms with van der Waals surface area (Å²) in [5.41, 5.74) is 4.93. The molecule has 1 fully saturated rings. The van der Waals surface area contributed by atoms with Gasteiger partial charge < -0.3 is 15.0 Å². The Labute approximate surface area is 187 Å². The van der Waals surface area contributed by atoms with Crippen LogP contribution in [0.15, 0.2) is 30.3 Å². The standard InChI is InChI=1S/C23H24BN5OS/c1-3-14-13-17(15-5-7-16(24)8-6-15)26-22-18(14)19-20(31-22)21(30-4-2)28-23(27-19)29-11-9-25-10-12-29/h5-8,13,25H,3-4,9-12H2,1-2H3. The maximum absolute atomic E-state index is 5.96. The van der Waals surface area contributed by atoms with Crippen LogP contribution in [0.2, 0.25) is 0 Å². The quantitative estimate of drug-likeness (QED) is 0.492. The first kappa shape index (κ1) is 20.2. The molecule has 8 heteroatoms. The van der Waals surface area contributed by atoms with Crippen LogP contribution in [0.1, 0.15) is 19.4 Å². The Bertz CT molecular complexity index is 1230. The minimum absolute atomic E-state index is 0.562. The Kier molecular flexibility index (Phi) is 5.50. The van der Waals surface area contributed by atoms with E-state index in [2.05, 4.69) is 23.2 Å². The molecule has 156 valence electrons. The van der Waals surface area contributed by atoms with Crippen molar-refractivity contribution in [3.8, 4) is 17.1 Å². The largest absolute Gasteiger partial charge is 0.477 e. The van der Waals surface area contributed by atoms with E-state index in [9.17, 15) is 0 Å². The van der Waals surface area contributed by atoms with E-state index in [4.69, 9.17) is 27.5 Å². The van der Waals surface area contributed by atoms with Crippen LogP contribution in [0.25, 0.3) is 31.7 Å². The van der Waals surface area contributed by atoms with E-state index in [1.165, 1.54) is 5.56 Å². The molecule has 0 bridgehead atoms. The van der Waals surface area contributed by atoms with Crippen LogP contribution in [0.5, 0.6) is 5.88 Å². The highest BCUT2D eigenvalue weighted by Gasteiger charge is 2.22. The highest BCUT2D eigenvalue weighted by molar-refractivity contribution is 7.25. The Hall–Kier alpha value is -2.71. The van der Waals surface area contributed by atoms with E-state index in [0.29, 0.717) is 12.5 Å². The summed E-state index contributed by atoms with van der Waals surface area (Å²) in [5, 5.41) is 4.50. The van der Waals surface area contributed by atoms with Gasteiger partial charge in [-0.15, -0.1) is 11.3 Å². The molecular weight excluding hydrogens is 405 g/mol. The van der Waals surface area contributed by atoms with Crippen LogP contribution in [-0.4, -0.2) is 55.6 Å². The number of hydrogen-bond acceptors (Lipinski definition) is 7. The van der Waals surface area contributed by atoms with Gasteiger partial charge in [-0.1, -0.05) is 36.7 Å². The van der Waals surface area contributed by atoms with Gasteiger partial charge in [0.1, 0.15) is 22.9 Å².